The van der Waals surface area contributed by atoms with Gasteiger partial charge in [-0.05, 0) is 42.8 Å². The zero-order valence-corrected chi connectivity index (χ0v) is 13.9. The van der Waals surface area contributed by atoms with Crippen molar-refractivity contribution in [2.45, 2.75) is 6.92 Å². The highest BCUT2D eigenvalue weighted by Gasteiger charge is 2.14. The Kier molecular flexibility index (Phi) is 3.78. The Hall–Kier alpha value is -3.41. The summed E-state index contributed by atoms with van der Waals surface area (Å²) in [6.07, 6.45) is 0. The molecule has 2 heterocycles. The van der Waals surface area contributed by atoms with Gasteiger partial charge in [-0.15, -0.1) is 0 Å². The molecule has 0 aliphatic heterocycles. The smallest absolute Gasteiger partial charge is 0.276 e. The number of hydrogen-bond donors (Lipinski definition) is 1. The first-order chi connectivity index (χ1) is 12.2. The van der Waals surface area contributed by atoms with Crippen LogP contribution in [0.1, 0.15) is 5.56 Å². The van der Waals surface area contributed by atoms with E-state index < -0.39 is 0 Å². The van der Waals surface area contributed by atoms with Crippen LogP contribution in [0.3, 0.4) is 0 Å². The minimum Gasteiger partial charge on any atom is -0.497 e. The first-order valence-corrected chi connectivity index (χ1v) is 7.84. The molecule has 1 N–H and O–H groups in total. The van der Waals surface area contributed by atoms with Crippen LogP contribution in [-0.2, 0) is 0 Å². The molecule has 0 amide bonds. The lowest BCUT2D eigenvalue weighted by atomic mass is 10.1. The summed E-state index contributed by atoms with van der Waals surface area (Å²) in [6.45, 7) is 2.05. The normalized spacial score (nSPS) is 10.8. The minimum atomic E-state index is 0.401. The van der Waals surface area contributed by atoms with E-state index in [2.05, 4.69) is 33.3 Å². The van der Waals surface area contributed by atoms with Crippen molar-refractivity contribution in [1.29, 1.82) is 0 Å². The van der Waals surface area contributed by atoms with Gasteiger partial charge >= 0.3 is 0 Å². The molecule has 2 aromatic heterocycles. The maximum Gasteiger partial charge on any atom is 0.276 e. The molecule has 0 unspecified atom stereocenters. The number of hydrogen-bond acceptors (Lipinski definition) is 5. The third kappa shape index (κ3) is 2.89. The molecule has 0 saturated heterocycles. The summed E-state index contributed by atoms with van der Waals surface area (Å²) < 4.78 is 10.5. The first-order valence-electron chi connectivity index (χ1n) is 7.84. The van der Waals surface area contributed by atoms with Crippen molar-refractivity contribution < 1.29 is 9.26 Å². The summed E-state index contributed by atoms with van der Waals surface area (Å²) in [4.78, 5) is 4.45. The van der Waals surface area contributed by atoms with E-state index in [1.807, 2.05) is 48.5 Å². The van der Waals surface area contributed by atoms with Crippen LogP contribution in [0.5, 0.6) is 5.75 Å². The number of aromatic amines is 1. The third-order valence-electron chi connectivity index (χ3n) is 4.00. The molecule has 0 radical (unpaired) electrons. The fourth-order valence-corrected chi connectivity index (χ4v) is 2.62. The SMILES string of the molecule is COc1ccc(-c2noc(-c3cc(-c4ccccc4C)n[nH]3)n2)cc1. The van der Waals surface area contributed by atoms with Crippen LogP contribution >= 0.6 is 0 Å². The highest BCUT2D eigenvalue weighted by molar-refractivity contribution is 5.68. The monoisotopic (exact) mass is 332 g/mol. The van der Waals surface area contributed by atoms with Crippen LogP contribution in [0.2, 0.25) is 0 Å². The molecular weight excluding hydrogens is 316 g/mol. The highest BCUT2D eigenvalue weighted by atomic mass is 16.5. The fourth-order valence-electron chi connectivity index (χ4n) is 2.62. The lowest BCUT2D eigenvalue weighted by Gasteiger charge is -1.99. The zero-order valence-electron chi connectivity index (χ0n) is 13.9. The minimum absolute atomic E-state index is 0.401. The van der Waals surface area contributed by atoms with Gasteiger partial charge in [0.1, 0.15) is 11.4 Å². The van der Waals surface area contributed by atoms with Gasteiger partial charge in [0.25, 0.3) is 5.89 Å². The summed E-state index contributed by atoms with van der Waals surface area (Å²) in [6, 6.07) is 17.5. The number of aromatic nitrogens is 4. The molecule has 124 valence electrons. The fraction of sp³-hybridized carbons (Fsp3) is 0.105. The summed E-state index contributed by atoms with van der Waals surface area (Å²) in [5.41, 5.74) is 4.61. The van der Waals surface area contributed by atoms with E-state index in [1.54, 1.807) is 7.11 Å². The second kappa shape index (κ2) is 6.24. The molecule has 0 saturated carbocycles. The first kappa shape index (κ1) is 15.1. The molecule has 0 bridgehead atoms. The van der Waals surface area contributed by atoms with Gasteiger partial charge in [-0.2, -0.15) is 10.1 Å². The molecule has 6 nitrogen and oxygen atoms in total. The quantitative estimate of drug-likeness (QED) is 0.608. The van der Waals surface area contributed by atoms with Crippen LogP contribution in [0, 0.1) is 6.92 Å². The van der Waals surface area contributed by atoms with Crippen LogP contribution in [-0.4, -0.2) is 27.4 Å². The Morgan fingerprint density at radius 2 is 1.84 bits per heavy atom. The average Bonchev–Trinajstić information content (AvgIpc) is 3.32. The molecule has 4 aromatic rings. The predicted octanol–water partition coefficient (Wildman–Crippen LogP) is 4.11. The molecule has 0 spiro atoms. The maximum atomic E-state index is 5.38. The van der Waals surface area contributed by atoms with Crippen LogP contribution in [0.15, 0.2) is 59.1 Å². The maximum absolute atomic E-state index is 5.38. The molecule has 0 aliphatic rings. The second-order valence-electron chi connectivity index (χ2n) is 5.63. The van der Waals surface area contributed by atoms with Crippen molar-refractivity contribution in [1.82, 2.24) is 20.3 Å². The van der Waals surface area contributed by atoms with E-state index in [-0.39, 0.29) is 0 Å². The molecular formula is C19H16N4O2. The molecule has 0 aliphatic carbocycles. The molecule has 6 heteroatoms. The molecule has 0 atom stereocenters. The Labute approximate surface area is 144 Å². The summed E-state index contributed by atoms with van der Waals surface area (Å²) in [5, 5.41) is 11.4. The lowest BCUT2D eigenvalue weighted by Crippen LogP contribution is -1.84. The van der Waals surface area contributed by atoms with Crippen molar-refractivity contribution in [3.8, 4) is 40.0 Å². The van der Waals surface area contributed by atoms with Gasteiger partial charge in [-0.3, -0.25) is 5.10 Å². The number of aryl methyl sites for hydroxylation is 1. The highest BCUT2D eigenvalue weighted by Crippen LogP contribution is 2.27. The molecule has 25 heavy (non-hydrogen) atoms. The average molecular weight is 332 g/mol. The van der Waals surface area contributed by atoms with Gasteiger partial charge in [0.05, 0.1) is 12.8 Å². The molecule has 2 aromatic carbocycles. The van der Waals surface area contributed by atoms with Crippen LogP contribution in [0.4, 0.5) is 0 Å². The molecule has 0 fully saturated rings. The van der Waals surface area contributed by atoms with E-state index in [0.29, 0.717) is 17.4 Å². The molecule has 4 rings (SSSR count). The van der Waals surface area contributed by atoms with Crippen LogP contribution < -0.4 is 4.74 Å². The number of nitrogens with one attached hydrogen (secondary N) is 1. The van der Waals surface area contributed by atoms with Gasteiger partial charge < -0.3 is 9.26 Å². The van der Waals surface area contributed by atoms with Crippen molar-refractivity contribution in [2.75, 3.05) is 7.11 Å². The van der Waals surface area contributed by atoms with Crippen molar-refractivity contribution in [2.24, 2.45) is 0 Å². The Balaban J connectivity index is 1.63. The Bertz CT molecular complexity index is 1000. The second-order valence-corrected chi connectivity index (χ2v) is 5.63. The topological polar surface area (TPSA) is 76.8 Å². The summed E-state index contributed by atoms with van der Waals surface area (Å²) in [7, 11) is 1.63. The van der Waals surface area contributed by atoms with Gasteiger partial charge in [0.15, 0.2) is 0 Å². The van der Waals surface area contributed by atoms with Crippen molar-refractivity contribution >= 4 is 0 Å². The lowest BCUT2D eigenvalue weighted by molar-refractivity contribution is 0.414. The Morgan fingerprint density at radius 1 is 1.04 bits per heavy atom. The van der Waals surface area contributed by atoms with Gasteiger partial charge in [0.2, 0.25) is 5.82 Å². The van der Waals surface area contributed by atoms with Crippen molar-refractivity contribution in [3.63, 3.8) is 0 Å². The number of rotatable bonds is 4. The zero-order chi connectivity index (χ0) is 17.2. The van der Waals surface area contributed by atoms with E-state index in [9.17, 15) is 0 Å². The van der Waals surface area contributed by atoms with Gasteiger partial charge in [0, 0.05) is 11.1 Å². The van der Waals surface area contributed by atoms with E-state index in [0.717, 1.165) is 28.1 Å². The standard InChI is InChI=1S/C19H16N4O2/c1-12-5-3-4-6-15(12)16-11-17(22-21-16)19-20-18(23-25-19)13-7-9-14(24-2)10-8-13/h3-11H,1-2H3,(H,21,22). The summed E-state index contributed by atoms with van der Waals surface area (Å²) >= 11 is 0. The summed E-state index contributed by atoms with van der Waals surface area (Å²) in [5.74, 6) is 1.70. The van der Waals surface area contributed by atoms with Crippen molar-refractivity contribution in [3.05, 3.63) is 60.2 Å². The van der Waals surface area contributed by atoms with E-state index in [1.165, 1.54) is 0 Å². The van der Waals surface area contributed by atoms with E-state index in [4.69, 9.17) is 9.26 Å². The van der Waals surface area contributed by atoms with Gasteiger partial charge in [-0.25, -0.2) is 0 Å². The number of benzene rings is 2. The third-order valence-corrected chi connectivity index (χ3v) is 4.00. The number of H-pyrrole nitrogens is 1. The largest absolute Gasteiger partial charge is 0.497 e. The van der Waals surface area contributed by atoms with Crippen LogP contribution in [0.25, 0.3) is 34.2 Å². The number of methoxy groups -OCH3 is 1. The number of nitrogens with zero attached hydrogens (tertiary/aromatic N) is 3. The number of ether oxygens (including phenoxy) is 1. The van der Waals surface area contributed by atoms with Gasteiger partial charge in [-0.1, -0.05) is 29.4 Å². The Morgan fingerprint density at radius 3 is 2.60 bits per heavy atom. The predicted molar refractivity (Wildman–Crippen MR) is 94.0 cm³/mol. The van der Waals surface area contributed by atoms with E-state index >= 15 is 0 Å².